The summed E-state index contributed by atoms with van der Waals surface area (Å²) in [5.41, 5.74) is 0.804. The Balaban J connectivity index is 1.45. The summed E-state index contributed by atoms with van der Waals surface area (Å²) in [6.07, 6.45) is 3.80. The monoisotopic (exact) mass is 445 g/mol. The van der Waals surface area contributed by atoms with Gasteiger partial charge >= 0.3 is 0 Å². The van der Waals surface area contributed by atoms with Gasteiger partial charge in [0.1, 0.15) is 18.2 Å². The molecule has 2 fully saturated rings. The third kappa shape index (κ3) is 4.22. The third-order valence-electron chi connectivity index (χ3n) is 6.00. The third-order valence-corrected chi connectivity index (χ3v) is 6.34. The van der Waals surface area contributed by atoms with E-state index in [1.54, 1.807) is 25.4 Å². The van der Waals surface area contributed by atoms with Crippen molar-refractivity contribution < 1.29 is 19.4 Å². The predicted octanol–water partition coefficient (Wildman–Crippen LogP) is 1.33. The number of aliphatic hydroxyl groups is 1. The highest BCUT2D eigenvalue weighted by Gasteiger charge is 2.36. The van der Waals surface area contributed by atoms with E-state index in [0.29, 0.717) is 35.5 Å². The molecular formula is C21H27N5O4S. The molecule has 0 spiro atoms. The molecule has 2 aromatic rings. The Labute approximate surface area is 186 Å². The minimum Gasteiger partial charge on any atom is -0.493 e. The molecule has 1 amide bonds. The second-order valence-electron chi connectivity index (χ2n) is 7.82. The van der Waals surface area contributed by atoms with Gasteiger partial charge in [0.2, 0.25) is 0 Å². The fourth-order valence-electron chi connectivity index (χ4n) is 4.28. The average Bonchev–Trinajstić information content (AvgIpc) is 3.06. The molecule has 1 unspecified atom stereocenters. The average molecular weight is 446 g/mol. The number of piperidine rings is 1. The van der Waals surface area contributed by atoms with Crippen LogP contribution in [0.1, 0.15) is 19.3 Å². The maximum Gasteiger partial charge on any atom is 0.251 e. The molecule has 31 heavy (non-hydrogen) atoms. The van der Waals surface area contributed by atoms with E-state index in [1.807, 2.05) is 12.1 Å². The molecular weight excluding hydrogens is 418 g/mol. The highest BCUT2D eigenvalue weighted by molar-refractivity contribution is 7.80. The first-order chi connectivity index (χ1) is 15.0. The molecule has 0 radical (unpaired) electrons. The van der Waals surface area contributed by atoms with Gasteiger partial charge in [-0.3, -0.25) is 9.69 Å². The fraction of sp³-hybridized carbons (Fsp3) is 0.524. The molecule has 0 saturated carbocycles. The van der Waals surface area contributed by atoms with E-state index in [-0.39, 0.29) is 12.5 Å². The zero-order chi connectivity index (χ0) is 22.0. The Bertz CT molecular complexity index is 980. The minimum absolute atomic E-state index is 0.0377. The summed E-state index contributed by atoms with van der Waals surface area (Å²) in [4.78, 5) is 25.4. The molecule has 2 saturated heterocycles. The number of nitrogens with one attached hydrogen (secondary N) is 1. The maximum absolute atomic E-state index is 12.5. The van der Waals surface area contributed by atoms with Crippen molar-refractivity contribution in [3.8, 4) is 11.5 Å². The summed E-state index contributed by atoms with van der Waals surface area (Å²) in [6.45, 7) is 2.22. The predicted molar refractivity (Wildman–Crippen MR) is 121 cm³/mol. The van der Waals surface area contributed by atoms with Crippen molar-refractivity contribution in [3.63, 3.8) is 0 Å². The van der Waals surface area contributed by atoms with Crippen LogP contribution in [-0.4, -0.2) is 77.5 Å². The van der Waals surface area contributed by atoms with Gasteiger partial charge in [0.15, 0.2) is 16.6 Å². The van der Waals surface area contributed by atoms with Gasteiger partial charge < -0.3 is 24.8 Å². The summed E-state index contributed by atoms with van der Waals surface area (Å²) in [5.74, 6) is 2.48. The van der Waals surface area contributed by atoms with Crippen molar-refractivity contribution in [2.75, 3.05) is 45.4 Å². The summed E-state index contributed by atoms with van der Waals surface area (Å²) >= 11 is 5.34. The van der Waals surface area contributed by atoms with Gasteiger partial charge in [0, 0.05) is 37.7 Å². The highest BCUT2D eigenvalue weighted by atomic mass is 32.1. The molecule has 2 N–H and O–H groups in total. The quantitative estimate of drug-likeness (QED) is 0.612. The molecule has 3 heterocycles. The number of methoxy groups -OCH3 is 2. The minimum atomic E-state index is -0.406. The first-order valence-corrected chi connectivity index (χ1v) is 10.8. The van der Waals surface area contributed by atoms with Gasteiger partial charge in [-0.15, -0.1) is 0 Å². The van der Waals surface area contributed by atoms with Crippen molar-refractivity contribution in [2.45, 2.75) is 25.3 Å². The number of anilines is 1. The van der Waals surface area contributed by atoms with E-state index in [4.69, 9.17) is 26.8 Å². The number of carbonyl (C=O) groups is 1. The van der Waals surface area contributed by atoms with Gasteiger partial charge in [0.25, 0.3) is 5.91 Å². The van der Waals surface area contributed by atoms with Crippen LogP contribution in [0.4, 0.5) is 5.82 Å². The van der Waals surface area contributed by atoms with Gasteiger partial charge in [0.05, 0.1) is 19.7 Å². The lowest BCUT2D eigenvalue weighted by atomic mass is 9.96. The number of nitrogens with zero attached hydrogens (tertiary/aromatic N) is 4. The largest absolute Gasteiger partial charge is 0.493 e. The van der Waals surface area contributed by atoms with Crippen molar-refractivity contribution in [1.29, 1.82) is 0 Å². The van der Waals surface area contributed by atoms with Crippen LogP contribution in [0.3, 0.4) is 0 Å². The van der Waals surface area contributed by atoms with Crippen LogP contribution >= 0.6 is 12.2 Å². The molecule has 1 atom stereocenters. The van der Waals surface area contributed by atoms with Gasteiger partial charge in [-0.25, -0.2) is 9.97 Å². The van der Waals surface area contributed by atoms with E-state index in [0.717, 1.165) is 42.7 Å². The number of hydrogen-bond donors (Lipinski definition) is 2. The molecule has 10 heteroatoms. The lowest BCUT2D eigenvalue weighted by Crippen LogP contribution is -2.41. The number of carbonyl (C=O) groups excluding carboxylic acids is 1. The molecule has 2 aliphatic heterocycles. The number of rotatable bonds is 7. The Hall–Kier alpha value is -2.72. The highest BCUT2D eigenvalue weighted by Crippen LogP contribution is 2.35. The van der Waals surface area contributed by atoms with E-state index < -0.39 is 6.04 Å². The Morgan fingerprint density at radius 2 is 1.90 bits per heavy atom. The van der Waals surface area contributed by atoms with Crippen molar-refractivity contribution in [2.24, 2.45) is 5.92 Å². The Kier molecular flexibility index (Phi) is 6.38. The van der Waals surface area contributed by atoms with Crippen LogP contribution in [0.25, 0.3) is 10.9 Å². The Morgan fingerprint density at radius 1 is 1.19 bits per heavy atom. The van der Waals surface area contributed by atoms with E-state index in [2.05, 4.69) is 20.2 Å². The summed E-state index contributed by atoms with van der Waals surface area (Å²) in [5, 5.41) is 13.5. The Morgan fingerprint density at radius 3 is 2.58 bits per heavy atom. The van der Waals surface area contributed by atoms with E-state index in [1.165, 1.54) is 0 Å². The number of fused-ring (bicyclic) bond motifs is 1. The number of aliphatic hydroxyl groups excluding tert-OH is 1. The zero-order valence-corrected chi connectivity index (χ0v) is 18.5. The van der Waals surface area contributed by atoms with Crippen molar-refractivity contribution in [1.82, 2.24) is 20.2 Å². The van der Waals surface area contributed by atoms with Crippen molar-refractivity contribution >= 4 is 40.0 Å². The summed E-state index contributed by atoms with van der Waals surface area (Å²) in [7, 11) is 3.22. The van der Waals surface area contributed by atoms with Crippen LogP contribution in [0, 0.1) is 5.92 Å². The topological polar surface area (TPSA) is 100 Å². The molecule has 2 aliphatic rings. The molecule has 1 aromatic carbocycles. The number of hydrogen-bond acceptors (Lipinski definition) is 8. The molecule has 4 rings (SSSR count). The lowest BCUT2D eigenvalue weighted by molar-refractivity contribution is -0.127. The van der Waals surface area contributed by atoms with Gasteiger partial charge in [-0.2, -0.15) is 0 Å². The first kappa shape index (κ1) is 21.5. The standard InChI is InChI=1S/C21H27N5O4S/c1-29-17-9-14-16(10-18(17)30-2)22-12-23-19(14)25-6-3-13(4-7-25)11-26-20(28)15(5-8-27)24-21(26)31/h9-10,12-13,15,27H,3-8,11H2,1-2H3,(H,24,31). The number of ether oxygens (including phenoxy) is 2. The lowest BCUT2D eigenvalue weighted by Gasteiger charge is -2.34. The number of amides is 1. The van der Waals surface area contributed by atoms with Gasteiger partial charge in [-0.1, -0.05) is 0 Å². The summed E-state index contributed by atoms with van der Waals surface area (Å²) < 4.78 is 10.8. The van der Waals surface area contributed by atoms with Gasteiger partial charge in [-0.05, 0) is 43.5 Å². The number of aromatic nitrogens is 2. The van der Waals surface area contributed by atoms with Crippen LogP contribution < -0.4 is 19.7 Å². The van der Waals surface area contributed by atoms with E-state index in [9.17, 15) is 4.79 Å². The second-order valence-corrected chi connectivity index (χ2v) is 8.20. The first-order valence-electron chi connectivity index (χ1n) is 10.4. The molecule has 1 aromatic heterocycles. The SMILES string of the molecule is COc1cc2ncnc(N3CCC(CN4C(=O)C(CCO)NC4=S)CC3)c2cc1OC. The smallest absolute Gasteiger partial charge is 0.251 e. The number of thiocarbonyl (C=S) groups is 1. The van der Waals surface area contributed by atoms with Crippen LogP contribution in [-0.2, 0) is 4.79 Å². The zero-order valence-electron chi connectivity index (χ0n) is 17.7. The second kappa shape index (κ2) is 9.19. The normalized spacial score (nSPS) is 19.8. The van der Waals surface area contributed by atoms with E-state index >= 15 is 0 Å². The number of benzene rings is 1. The fourth-order valence-corrected chi connectivity index (χ4v) is 4.59. The van der Waals surface area contributed by atoms with Crippen LogP contribution in [0.15, 0.2) is 18.5 Å². The molecule has 0 aliphatic carbocycles. The summed E-state index contributed by atoms with van der Waals surface area (Å²) in [6, 6.07) is 3.38. The molecule has 9 nitrogen and oxygen atoms in total. The molecule has 166 valence electrons. The van der Waals surface area contributed by atoms with Crippen LogP contribution in [0.2, 0.25) is 0 Å². The maximum atomic E-state index is 12.5. The van der Waals surface area contributed by atoms with Crippen molar-refractivity contribution in [3.05, 3.63) is 18.5 Å². The molecule has 0 bridgehead atoms. The van der Waals surface area contributed by atoms with Crippen LogP contribution in [0.5, 0.6) is 11.5 Å².